The maximum Gasteiger partial charge on any atom is 0.314 e. The molecule has 1 amide bonds. The van der Waals surface area contributed by atoms with E-state index in [0.717, 1.165) is 0 Å². The molecule has 0 atom stereocenters. The number of benzene rings is 3. The van der Waals surface area contributed by atoms with E-state index in [1.54, 1.807) is 48.5 Å². The predicted molar refractivity (Wildman–Crippen MR) is 108 cm³/mol. The number of esters is 1. The Balaban J connectivity index is 1.48. The molecule has 3 aromatic carbocycles. The summed E-state index contributed by atoms with van der Waals surface area (Å²) in [5, 5.41) is 3.13. The molecular weight excluding hydrogens is 378 g/mol. The topological polar surface area (TPSA) is 64.6 Å². The van der Waals surface area contributed by atoms with E-state index in [9.17, 15) is 9.59 Å². The number of rotatable bonds is 7. The first-order valence-corrected chi connectivity index (χ1v) is 9.04. The lowest BCUT2D eigenvalue weighted by Crippen LogP contribution is -2.13. The Hall–Kier alpha value is -3.31. The van der Waals surface area contributed by atoms with Gasteiger partial charge in [-0.15, -0.1) is 0 Å². The molecule has 142 valence electrons. The average Bonchev–Trinajstić information content (AvgIpc) is 2.70. The number of halogens is 1. The SMILES string of the molecule is O=C(CCOc1ccccc1)Oc1ccc(NC(=O)c2ccccc2Cl)cc1. The van der Waals surface area contributed by atoms with Crippen molar-refractivity contribution >= 4 is 29.2 Å². The minimum absolute atomic E-state index is 0.125. The zero-order valence-electron chi connectivity index (χ0n) is 14.9. The van der Waals surface area contributed by atoms with Gasteiger partial charge in [0.25, 0.3) is 5.91 Å². The molecule has 0 aliphatic carbocycles. The van der Waals surface area contributed by atoms with Crippen LogP contribution in [0.15, 0.2) is 78.9 Å². The van der Waals surface area contributed by atoms with Gasteiger partial charge in [-0.1, -0.05) is 41.9 Å². The Morgan fingerprint density at radius 1 is 0.821 bits per heavy atom. The zero-order valence-corrected chi connectivity index (χ0v) is 15.7. The summed E-state index contributed by atoms with van der Waals surface area (Å²) in [5.41, 5.74) is 0.954. The third-order valence-electron chi connectivity index (χ3n) is 3.78. The zero-order chi connectivity index (χ0) is 19.8. The number of amides is 1. The maximum atomic E-state index is 12.2. The van der Waals surface area contributed by atoms with Crippen LogP contribution in [0.5, 0.6) is 11.5 Å². The minimum atomic E-state index is -0.399. The van der Waals surface area contributed by atoms with Crippen LogP contribution < -0.4 is 14.8 Å². The normalized spacial score (nSPS) is 10.2. The predicted octanol–water partition coefficient (Wildman–Crippen LogP) is 4.97. The summed E-state index contributed by atoms with van der Waals surface area (Å²) in [4.78, 5) is 24.1. The standard InChI is InChI=1S/C22H18ClNO4/c23-20-9-5-4-8-19(20)22(26)24-16-10-12-18(13-11-16)28-21(25)14-15-27-17-6-2-1-3-7-17/h1-13H,14-15H2,(H,24,26). The number of ether oxygens (including phenoxy) is 2. The van der Waals surface area contributed by atoms with Gasteiger partial charge in [-0.3, -0.25) is 9.59 Å². The van der Waals surface area contributed by atoms with Crippen molar-refractivity contribution in [3.05, 3.63) is 89.4 Å². The lowest BCUT2D eigenvalue weighted by molar-refractivity contribution is -0.134. The van der Waals surface area contributed by atoms with Crippen molar-refractivity contribution < 1.29 is 19.1 Å². The Labute approximate surface area is 167 Å². The highest BCUT2D eigenvalue weighted by atomic mass is 35.5. The fraction of sp³-hybridized carbons (Fsp3) is 0.0909. The molecule has 0 fully saturated rings. The van der Waals surface area contributed by atoms with Crippen molar-refractivity contribution in [2.45, 2.75) is 6.42 Å². The minimum Gasteiger partial charge on any atom is -0.493 e. The second kappa shape index (κ2) is 9.58. The molecule has 5 nitrogen and oxygen atoms in total. The van der Waals surface area contributed by atoms with Crippen LogP contribution in [0.3, 0.4) is 0 Å². The molecular formula is C22H18ClNO4. The van der Waals surface area contributed by atoms with Gasteiger partial charge < -0.3 is 14.8 Å². The van der Waals surface area contributed by atoms with Crippen LogP contribution in [0.25, 0.3) is 0 Å². The Morgan fingerprint density at radius 2 is 1.50 bits per heavy atom. The van der Waals surface area contributed by atoms with Gasteiger partial charge in [0.2, 0.25) is 0 Å². The highest BCUT2D eigenvalue weighted by Crippen LogP contribution is 2.20. The summed E-state index contributed by atoms with van der Waals surface area (Å²) >= 11 is 6.02. The van der Waals surface area contributed by atoms with Gasteiger partial charge in [0.15, 0.2) is 0 Å². The van der Waals surface area contributed by atoms with Gasteiger partial charge in [0.1, 0.15) is 11.5 Å². The third kappa shape index (κ3) is 5.59. The highest BCUT2D eigenvalue weighted by Gasteiger charge is 2.10. The molecule has 0 spiro atoms. The first kappa shape index (κ1) is 19.5. The second-order valence-corrected chi connectivity index (χ2v) is 6.25. The maximum absolute atomic E-state index is 12.2. The summed E-state index contributed by atoms with van der Waals surface area (Å²) in [6, 6.07) is 22.6. The van der Waals surface area contributed by atoms with Gasteiger partial charge in [-0.25, -0.2) is 0 Å². The number of nitrogens with one attached hydrogen (secondary N) is 1. The third-order valence-corrected chi connectivity index (χ3v) is 4.11. The number of hydrogen-bond donors (Lipinski definition) is 1. The fourth-order valence-corrected chi connectivity index (χ4v) is 2.62. The molecule has 28 heavy (non-hydrogen) atoms. The quantitative estimate of drug-likeness (QED) is 0.453. The Bertz CT molecular complexity index is 942. The number of carbonyl (C=O) groups excluding carboxylic acids is 2. The van der Waals surface area contributed by atoms with E-state index in [2.05, 4.69) is 5.32 Å². The number of hydrogen-bond acceptors (Lipinski definition) is 4. The van der Waals surface area contributed by atoms with Gasteiger partial charge in [0, 0.05) is 5.69 Å². The second-order valence-electron chi connectivity index (χ2n) is 5.84. The Kier molecular flexibility index (Phi) is 6.65. The van der Waals surface area contributed by atoms with E-state index in [1.165, 1.54) is 0 Å². The lowest BCUT2D eigenvalue weighted by atomic mass is 10.2. The van der Waals surface area contributed by atoms with Crippen molar-refractivity contribution in [3.8, 4) is 11.5 Å². The van der Waals surface area contributed by atoms with Crippen LogP contribution in [0.2, 0.25) is 5.02 Å². The van der Waals surface area contributed by atoms with Crippen LogP contribution in [-0.4, -0.2) is 18.5 Å². The smallest absolute Gasteiger partial charge is 0.314 e. The molecule has 0 heterocycles. The van der Waals surface area contributed by atoms with Gasteiger partial charge in [-0.2, -0.15) is 0 Å². The van der Waals surface area contributed by atoms with Crippen molar-refractivity contribution in [2.24, 2.45) is 0 Å². The van der Waals surface area contributed by atoms with Crippen molar-refractivity contribution in [2.75, 3.05) is 11.9 Å². The molecule has 0 aliphatic rings. The monoisotopic (exact) mass is 395 g/mol. The summed E-state index contributed by atoms with van der Waals surface area (Å²) in [6.07, 6.45) is 0.125. The van der Waals surface area contributed by atoms with Crippen molar-refractivity contribution in [1.82, 2.24) is 0 Å². The molecule has 1 N–H and O–H groups in total. The lowest BCUT2D eigenvalue weighted by Gasteiger charge is -2.09. The van der Waals surface area contributed by atoms with Crippen LogP contribution in [0.4, 0.5) is 5.69 Å². The average molecular weight is 396 g/mol. The first-order valence-electron chi connectivity index (χ1n) is 8.66. The summed E-state index contributed by atoms with van der Waals surface area (Å²) in [7, 11) is 0. The van der Waals surface area contributed by atoms with Gasteiger partial charge in [-0.05, 0) is 48.5 Å². The van der Waals surface area contributed by atoms with Crippen LogP contribution >= 0.6 is 11.6 Å². The molecule has 0 radical (unpaired) electrons. The summed E-state index contributed by atoms with van der Waals surface area (Å²) < 4.78 is 10.7. The van der Waals surface area contributed by atoms with E-state index in [0.29, 0.717) is 27.8 Å². The molecule has 6 heteroatoms. The van der Waals surface area contributed by atoms with Gasteiger partial charge in [0.05, 0.1) is 23.6 Å². The van der Waals surface area contributed by atoms with E-state index < -0.39 is 5.97 Å². The summed E-state index contributed by atoms with van der Waals surface area (Å²) in [6.45, 7) is 0.231. The van der Waals surface area contributed by atoms with E-state index in [1.807, 2.05) is 30.3 Å². The van der Waals surface area contributed by atoms with Crippen molar-refractivity contribution in [1.29, 1.82) is 0 Å². The summed E-state index contributed by atoms with van der Waals surface area (Å²) in [5.74, 6) is 0.381. The molecule has 3 rings (SSSR count). The number of carbonyl (C=O) groups is 2. The van der Waals surface area contributed by atoms with Crippen molar-refractivity contribution in [3.63, 3.8) is 0 Å². The molecule has 0 saturated carbocycles. The number of anilines is 1. The van der Waals surface area contributed by atoms with Crippen LogP contribution in [-0.2, 0) is 4.79 Å². The molecule has 0 saturated heterocycles. The van der Waals surface area contributed by atoms with E-state index in [4.69, 9.17) is 21.1 Å². The molecule has 0 unspecified atom stereocenters. The molecule has 3 aromatic rings. The molecule has 0 aromatic heterocycles. The first-order chi connectivity index (χ1) is 13.6. The van der Waals surface area contributed by atoms with Gasteiger partial charge >= 0.3 is 5.97 Å². The van der Waals surface area contributed by atoms with Crippen LogP contribution in [0, 0.1) is 0 Å². The molecule has 0 bridgehead atoms. The largest absolute Gasteiger partial charge is 0.493 e. The highest BCUT2D eigenvalue weighted by molar-refractivity contribution is 6.34. The van der Waals surface area contributed by atoms with E-state index in [-0.39, 0.29) is 18.9 Å². The molecule has 0 aliphatic heterocycles. The van der Waals surface area contributed by atoms with Crippen LogP contribution in [0.1, 0.15) is 16.8 Å². The number of para-hydroxylation sites is 1. The van der Waals surface area contributed by atoms with E-state index >= 15 is 0 Å². The fourth-order valence-electron chi connectivity index (χ4n) is 2.40. The Morgan fingerprint density at radius 3 is 2.21 bits per heavy atom.